The molecule has 0 saturated carbocycles. The van der Waals surface area contributed by atoms with Gasteiger partial charge in [-0.15, -0.1) is 13.2 Å². The van der Waals surface area contributed by atoms with Crippen molar-refractivity contribution in [1.82, 2.24) is 4.90 Å². The number of hydrogen-bond acceptors (Lipinski definition) is 1. The quantitative estimate of drug-likeness (QED) is 0.644. The molecule has 0 radical (unpaired) electrons. The van der Waals surface area contributed by atoms with Crippen molar-refractivity contribution in [1.29, 1.82) is 0 Å². The molecule has 2 rings (SSSR count). The van der Waals surface area contributed by atoms with E-state index >= 15 is 0 Å². The van der Waals surface area contributed by atoms with Crippen LogP contribution in [0.2, 0.25) is 0 Å². The molecule has 0 amide bonds. The summed E-state index contributed by atoms with van der Waals surface area (Å²) in [6.45, 7) is 11.7. The van der Waals surface area contributed by atoms with Crippen LogP contribution in [0.4, 0.5) is 0 Å². The van der Waals surface area contributed by atoms with Crippen LogP contribution >= 0.6 is 0 Å². The molecule has 0 aromatic rings. The second-order valence-corrected chi connectivity index (χ2v) is 6.17. The Kier molecular flexibility index (Phi) is 4.66. The molecule has 0 aromatic heterocycles. The molecule has 2 fully saturated rings. The fourth-order valence-corrected chi connectivity index (χ4v) is 4.36. The largest absolute Gasteiger partial charge is 0.294 e. The van der Waals surface area contributed by atoms with E-state index in [1.807, 2.05) is 0 Å². The van der Waals surface area contributed by atoms with Gasteiger partial charge in [0.2, 0.25) is 0 Å². The zero-order valence-electron chi connectivity index (χ0n) is 12.0. The maximum Gasteiger partial charge on any atom is 0.0281 e. The van der Waals surface area contributed by atoms with E-state index < -0.39 is 0 Å². The molecule has 0 bridgehead atoms. The van der Waals surface area contributed by atoms with E-state index in [0.29, 0.717) is 5.54 Å². The van der Waals surface area contributed by atoms with Gasteiger partial charge in [-0.1, -0.05) is 31.9 Å². The van der Waals surface area contributed by atoms with Gasteiger partial charge in [0.05, 0.1) is 0 Å². The van der Waals surface area contributed by atoms with Crippen LogP contribution in [0, 0.1) is 5.92 Å². The Morgan fingerprint density at radius 1 is 1.17 bits per heavy atom. The van der Waals surface area contributed by atoms with Gasteiger partial charge in [-0.2, -0.15) is 0 Å². The maximum absolute atomic E-state index is 4.00. The summed E-state index contributed by atoms with van der Waals surface area (Å²) in [5, 5.41) is 0. The van der Waals surface area contributed by atoms with Crippen LogP contribution in [-0.4, -0.2) is 23.0 Å². The first kappa shape index (κ1) is 13.9. The fourth-order valence-electron chi connectivity index (χ4n) is 4.36. The molecule has 2 aliphatic heterocycles. The average molecular weight is 247 g/mol. The Bertz CT molecular complexity index is 284. The Balaban J connectivity index is 2.24. The van der Waals surface area contributed by atoms with Crippen molar-refractivity contribution in [3.63, 3.8) is 0 Å². The Labute approximate surface area is 113 Å². The van der Waals surface area contributed by atoms with Gasteiger partial charge in [0.1, 0.15) is 0 Å². The van der Waals surface area contributed by atoms with Crippen LogP contribution in [0.3, 0.4) is 0 Å². The first-order valence-electron chi connectivity index (χ1n) is 7.76. The predicted molar refractivity (Wildman–Crippen MR) is 79.7 cm³/mol. The zero-order chi connectivity index (χ0) is 13.0. The molecule has 2 saturated heterocycles. The summed E-state index contributed by atoms with van der Waals surface area (Å²) in [6.07, 6.45) is 14.8. The molecule has 0 unspecified atom stereocenters. The van der Waals surface area contributed by atoms with Crippen molar-refractivity contribution in [3.05, 3.63) is 25.3 Å². The summed E-state index contributed by atoms with van der Waals surface area (Å²) in [5.41, 5.74) is 0.347. The zero-order valence-corrected chi connectivity index (χ0v) is 12.0. The molecule has 0 aromatic carbocycles. The summed E-state index contributed by atoms with van der Waals surface area (Å²) >= 11 is 0. The smallest absolute Gasteiger partial charge is 0.0281 e. The number of rotatable bonds is 5. The maximum atomic E-state index is 4.00. The highest BCUT2D eigenvalue weighted by atomic mass is 15.2. The summed E-state index contributed by atoms with van der Waals surface area (Å²) in [7, 11) is 0. The van der Waals surface area contributed by atoms with Gasteiger partial charge in [0, 0.05) is 11.6 Å². The van der Waals surface area contributed by atoms with Crippen LogP contribution in [0.1, 0.15) is 58.3 Å². The van der Waals surface area contributed by atoms with Crippen molar-refractivity contribution in [3.8, 4) is 0 Å². The Hall–Kier alpha value is -0.560. The van der Waals surface area contributed by atoms with E-state index in [0.717, 1.165) is 24.8 Å². The summed E-state index contributed by atoms with van der Waals surface area (Å²) in [4.78, 5) is 2.84. The lowest BCUT2D eigenvalue weighted by Crippen LogP contribution is -2.60. The monoisotopic (exact) mass is 247 g/mol. The first-order valence-corrected chi connectivity index (χ1v) is 7.76. The third-order valence-corrected chi connectivity index (χ3v) is 5.26. The average Bonchev–Trinajstić information content (AvgIpc) is 2.40. The van der Waals surface area contributed by atoms with Gasteiger partial charge < -0.3 is 0 Å². The van der Waals surface area contributed by atoms with Crippen LogP contribution in [0.5, 0.6) is 0 Å². The van der Waals surface area contributed by atoms with Crippen LogP contribution < -0.4 is 0 Å². The van der Waals surface area contributed by atoms with Gasteiger partial charge in [-0.25, -0.2) is 0 Å². The first-order chi connectivity index (χ1) is 8.77. The lowest BCUT2D eigenvalue weighted by atomic mass is 9.71. The molecular formula is C17H29N. The summed E-state index contributed by atoms with van der Waals surface area (Å²) in [5.74, 6) is 0.924. The van der Waals surface area contributed by atoms with Crippen molar-refractivity contribution in [2.24, 2.45) is 5.92 Å². The summed E-state index contributed by atoms with van der Waals surface area (Å²) in [6, 6.07) is 0.831. The van der Waals surface area contributed by atoms with Crippen molar-refractivity contribution in [2.75, 3.05) is 6.54 Å². The molecule has 0 spiro atoms. The van der Waals surface area contributed by atoms with Gasteiger partial charge in [-0.3, -0.25) is 4.90 Å². The molecule has 18 heavy (non-hydrogen) atoms. The highest BCUT2D eigenvalue weighted by Gasteiger charge is 2.45. The third-order valence-electron chi connectivity index (χ3n) is 5.26. The molecule has 102 valence electrons. The minimum Gasteiger partial charge on any atom is -0.294 e. The van der Waals surface area contributed by atoms with Gasteiger partial charge in [-0.05, 0) is 51.0 Å². The number of hydrogen-bond donors (Lipinski definition) is 0. The highest BCUT2D eigenvalue weighted by molar-refractivity contribution is 5.06. The Morgan fingerprint density at radius 3 is 2.50 bits per heavy atom. The number of piperidine rings is 2. The van der Waals surface area contributed by atoms with E-state index in [4.69, 9.17) is 0 Å². The second-order valence-electron chi connectivity index (χ2n) is 6.17. The predicted octanol–water partition coefficient (Wildman–Crippen LogP) is 4.55. The van der Waals surface area contributed by atoms with Crippen molar-refractivity contribution in [2.45, 2.75) is 69.9 Å². The van der Waals surface area contributed by atoms with Gasteiger partial charge in [0.15, 0.2) is 0 Å². The van der Waals surface area contributed by atoms with Crippen LogP contribution in [0.15, 0.2) is 25.3 Å². The van der Waals surface area contributed by atoms with E-state index in [-0.39, 0.29) is 0 Å². The lowest BCUT2D eigenvalue weighted by Gasteiger charge is -2.56. The standard InChI is InChI=1S/C17H29N/c1-4-11-17(12-5-2)13-10-15(6-3)16-9-7-8-14-18(16)17/h4-5,15-16H,1-2,6-14H2,3H3/t15-,16-/m0/s1. The molecule has 1 heteroatoms. The summed E-state index contributed by atoms with van der Waals surface area (Å²) < 4.78 is 0. The fraction of sp³-hybridized carbons (Fsp3) is 0.765. The molecule has 2 atom stereocenters. The number of nitrogens with zero attached hydrogens (tertiary/aromatic N) is 1. The van der Waals surface area contributed by atoms with Gasteiger partial charge >= 0.3 is 0 Å². The topological polar surface area (TPSA) is 3.24 Å². The minimum absolute atomic E-state index is 0.347. The molecule has 2 heterocycles. The van der Waals surface area contributed by atoms with E-state index in [1.54, 1.807) is 0 Å². The molecule has 0 aliphatic carbocycles. The molecular weight excluding hydrogens is 218 g/mol. The normalized spacial score (nSPS) is 31.6. The second kappa shape index (κ2) is 6.06. The molecule has 2 aliphatic rings. The number of fused-ring (bicyclic) bond motifs is 1. The van der Waals surface area contributed by atoms with E-state index in [1.165, 1.54) is 45.1 Å². The van der Waals surface area contributed by atoms with Gasteiger partial charge in [0.25, 0.3) is 0 Å². The van der Waals surface area contributed by atoms with E-state index in [9.17, 15) is 0 Å². The Morgan fingerprint density at radius 2 is 1.89 bits per heavy atom. The third kappa shape index (κ3) is 2.42. The minimum atomic E-state index is 0.347. The molecule has 1 nitrogen and oxygen atoms in total. The van der Waals surface area contributed by atoms with Crippen LogP contribution in [0.25, 0.3) is 0 Å². The lowest BCUT2D eigenvalue weighted by molar-refractivity contribution is -0.0514. The highest BCUT2D eigenvalue weighted by Crippen LogP contribution is 2.44. The van der Waals surface area contributed by atoms with Crippen molar-refractivity contribution < 1.29 is 0 Å². The van der Waals surface area contributed by atoms with Crippen molar-refractivity contribution >= 4 is 0 Å². The molecule has 0 N–H and O–H groups in total. The van der Waals surface area contributed by atoms with Crippen LogP contribution in [-0.2, 0) is 0 Å². The van der Waals surface area contributed by atoms with E-state index in [2.05, 4.69) is 37.1 Å². The SMILES string of the molecule is C=CCC1(CC=C)CC[C@H](CC)[C@@H]2CCCCN21.